The molecule has 1 unspecified atom stereocenters. The number of guanidine groups is 1. The molecule has 1 aromatic carbocycles. The van der Waals surface area contributed by atoms with Crippen molar-refractivity contribution < 1.29 is 4.74 Å². The van der Waals surface area contributed by atoms with Crippen LogP contribution in [0.4, 0.5) is 5.69 Å². The molecule has 0 bridgehead atoms. The molecule has 1 atom stereocenters. The first-order chi connectivity index (χ1) is 12.7. The summed E-state index contributed by atoms with van der Waals surface area (Å²) < 4.78 is 5.52. The van der Waals surface area contributed by atoms with Gasteiger partial charge in [0, 0.05) is 24.8 Å². The summed E-state index contributed by atoms with van der Waals surface area (Å²) in [7, 11) is 0. The Kier molecular flexibility index (Phi) is 9.32. The Hall–Kier alpha value is -0.860. The Morgan fingerprint density at radius 3 is 2.59 bits per heavy atom. The van der Waals surface area contributed by atoms with E-state index in [-0.39, 0.29) is 24.0 Å². The summed E-state index contributed by atoms with van der Waals surface area (Å²) >= 11 is 0. The lowest BCUT2D eigenvalue weighted by Gasteiger charge is -2.38. The molecule has 0 saturated carbocycles. The molecule has 3 rings (SSSR count). The highest BCUT2D eigenvalue weighted by Gasteiger charge is 2.26. The number of hydrogen-bond donors (Lipinski definition) is 2. The normalized spacial score (nSPS) is 18.9. The number of hydrogen-bond acceptors (Lipinski definition) is 3. The van der Waals surface area contributed by atoms with Crippen molar-refractivity contribution in [2.24, 2.45) is 16.6 Å². The minimum absolute atomic E-state index is 0. The SMILES string of the molecule is CCC(CC)C(CN=C(N)Nc1ccc2c(c1)CCC2)N1CCOCC1.I. The van der Waals surface area contributed by atoms with E-state index in [9.17, 15) is 0 Å². The number of morpholine rings is 1. The Bertz CT molecular complexity index is 612. The fraction of sp³-hybridized carbons (Fsp3) is 0.667. The van der Waals surface area contributed by atoms with Crippen LogP contribution in [0.15, 0.2) is 23.2 Å². The van der Waals surface area contributed by atoms with E-state index in [1.54, 1.807) is 0 Å². The maximum absolute atomic E-state index is 6.21. The second-order valence-corrected chi connectivity index (χ2v) is 7.48. The fourth-order valence-corrected chi connectivity index (χ4v) is 4.33. The summed E-state index contributed by atoms with van der Waals surface area (Å²) in [6.45, 7) is 8.93. The highest BCUT2D eigenvalue weighted by molar-refractivity contribution is 14.0. The number of aryl methyl sites for hydroxylation is 2. The lowest BCUT2D eigenvalue weighted by atomic mass is 9.92. The Morgan fingerprint density at radius 1 is 1.19 bits per heavy atom. The summed E-state index contributed by atoms with van der Waals surface area (Å²) in [6, 6.07) is 7.01. The maximum Gasteiger partial charge on any atom is 0.193 e. The lowest BCUT2D eigenvalue weighted by molar-refractivity contribution is 0.00398. The van der Waals surface area contributed by atoms with Crippen molar-refractivity contribution in [1.82, 2.24) is 4.90 Å². The molecule has 1 aliphatic heterocycles. The Labute approximate surface area is 181 Å². The van der Waals surface area contributed by atoms with Crippen molar-refractivity contribution in [2.45, 2.75) is 52.0 Å². The van der Waals surface area contributed by atoms with Crippen LogP contribution in [-0.2, 0) is 17.6 Å². The van der Waals surface area contributed by atoms with Crippen molar-refractivity contribution in [3.8, 4) is 0 Å². The Balaban J connectivity index is 0.00000261. The minimum atomic E-state index is 0. The van der Waals surface area contributed by atoms with Gasteiger partial charge in [0.2, 0.25) is 0 Å². The van der Waals surface area contributed by atoms with Crippen LogP contribution in [0.2, 0.25) is 0 Å². The monoisotopic (exact) mass is 486 g/mol. The van der Waals surface area contributed by atoms with Crippen molar-refractivity contribution in [3.05, 3.63) is 29.3 Å². The van der Waals surface area contributed by atoms with Gasteiger partial charge in [0.25, 0.3) is 0 Å². The summed E-state index contributed by atoms with van der Waals surface area (Å²) in [6.07, 6.45) is 5.99. The van der Waals surface area contributed by atoms with E-state index in [0.29, 0.717) is 17.9 Å². The van der Waals surface area contributed by atoms with Crippen LogP contribution >= 0.6 is 24.0 Å². The lowest BCUT2D eigenvalue weighted by Crippen LogP contribution is -2.48. The average molecular weight is 486 g/mol. The predicted molar refractivity (Wildman–Crippen MR) is 124 cm³/mol. The van der Waals surface area contributed by atoms with Crippen LogP contribution in [0, 0.1) is 5.92 Å². The maximum atomic E-state index is 6.21. The van der Waals surface area contributed by atoms with Crippen LogP contribution in [-0.4, -0.2) is 49.7 Å². The van der Waals surface area contributed by atoms with Gasteiger partial charge in [-0.25, -0.2) is 0 Å². The van der Waals surface area contributed by atoms with Crippen molar-refractivity contribution in [1.29, 1.82) is 0 Å². The number of fused-ring (bicyclic) bond motifs is 1. The zero-order chi connectivity index (χ0) is 18.4. The van der Waals surface area contributed by atoms with E-state index in [0.717, 1.165) is 38.5 Å². The van der Waals surface area contributed by atoms with Gasteiger partial charge >= 0.3 is 0 Å². The zero-order valence-electron chi connectivity index (χ0n) is 16.7. The summed E-state index contributed by atoms with van der Waals surface area (Å²) in [5, 5.41) is 3.29. The summed E-state index contributed by atoms with van der Waals surface area (Å²) in [5.74, 6) is 1.16. The number of nitrogens with zero attached hydrogens (tertiary/aromatic N) is 2. The van der Waals surface area contributed by atoms with E-state index in [1.165, 1.54) is 43.2 Å². The van der Waals surface area contributed by atoms with Gasteiger partial charge in [-0.3, -0.25) is 9.89 Å². The van der Waals surface area contributed by atoms with Gasteiger partial charge in [0.15, 0.2) is 5.96 Å². The van der Waals surface area contributed by atoms with E-state index in [2.05, 4.69) is 42.3 Å². The van der Waals surface area contributed by atoms with Crippen molar-refractivity contribution >= 4 is 35.6 Å². The van der Waals surface area contributed by atoms with E-state index in [1.807, 2.05) is 0 Å². The number of benzene rings is 1. The first-order valence-electron chi connectivity index (χ1n) is 10.2. The molecule has 1 heterocycles. The number of aliphatic imine (C=N–C) groups is 1. The number of ether oxygens (including phenoxy) is 1. The largest absolute Gasteiger partial charge is 0.379 e. The average Bonchev–Trinajstić information content (AvgIpc) is 3.13. The Morgan fingerprint density at radius 2 is 1.89 bits per heavy atom. The highest BCUT2D eigenvalue weighted by atomic mass is 127. The van der Waals surface area contributed by atoms with Crippen molar-refractivity contribution in [2.75, 3.05) is 38.2 Å². The molecule has 6 heteroatoms. The zero-order valence-corrected chi connectivity index (χ0v) is 19.1. The first kappa shape index (κ1) is 22.4. The smallest absolute Gasteiger partial charge is 0.193 e. The molecule has 0 aromatic heterocycles. The molecule has 1 aliphatic carbocycles. The molecule has 152 valence electrons. The van der Waals surface area contributed by atoms with Crippen LogP contribution in [0.3, 0.4) is 0 Å². The number of nitrogens with two attached hydrogens (primary N) is 1. The molecule has 1 fully saturated rings. The molecule has 0 spiro atoms. The predicted octanol–water partition coefficient (Wildman–Crippen LogP) is 3.66. The molecule has 5 nitrogen and oxygen atoms in total. The molecule has 3 N–H and O–H groups in total. The molecule has 1 saturated heterocycles. The fourth-order valence-electron chi connectivity index (χ4n) is 4.33. The van der Waals surface area contributed by atoms with Crippen LogP contribution in [0.25, 0.3) is 0 Å². The second-order valence-electron chi connectivity index (χ2n) is 7.48. The highest BCUT2D eigenvalue weighted by Crippen LogP contribution is 2.25. The second kappa shape index (κ2) is 11.2. The van der Waals surface area contributed by atoms with Gasteiger partial charge in [0.1, 0.15) is 0 Å². The third-order valence-electron chi connectivity index (χ3n) is 5.93. The quantitative estimate of drug-likeness (QED) is 0.351. The van der Waals surface area contributed by atoms with Gasteiger partial charge in [0.05, 0.1) is 19.8 Å². The summed E-state index contributed by atoms with van der Waals surface area (Å²) in [5.41, 5.74) is 10.2. The molecule has 27 heavy (non-hydrogen) atoms. The number of anilines is 1. The molecule has 2 aliphatic rings. The number of rotatable bonds is 7. The van der Waals surface area contributed by atoms with Crippen molar-refractivity contribution in [3.63, 3.8) is 0 Å². The molecule has 0 amide bonds. The summed E-state index contributed by atoms with van der Waals surface area (Å²) in [4.78, 5) is 7.24. The van der Waals surface area contributed by atoms with Crippen LogP contribution in [0.1, 0.15) is 44.2 Å². The third-order valence-corrected chi connectivity index (χ3v) is 5.93. The van der Waals surface area contributed by atoms with Gasteiger partial charge in [-0.1, -0.05) is 32.8 Å². The molecule has 1 aromatic rings. The van der Waals surface area contributed by atoms with Gasteiger partial charge in [-0.15, -0.1) is 24.0 Å². The molecular weight excluding hydrogens is 451 g/mol. The minimum Gasteiger partial charge on any atom is -0.379 e. The van der Waals surface area contributed by atoms with Gasteiger partial charge in [-0.2, -0.15) is 0 Å². The van der Waals surface area contributed by atoms with E-state index >= 15 is 0 Å². The van der Waals surface area contributed by atoms with Crippen LogP contribution in [0.5, 0.6) is 0 Å². The molecular formula is C21H35IN4O. The standard InChI is InChI=1S/C21H34N4O.HI/c1-3-16(4-2)20(25-10-12-26-13-11-25)15-23-21(22)24-19-9-8-17-6-5-7-18(17)14-19;/h8-9,14,16,20H,3-7,10-13,15H2,1-2H3,(H3,22,23,24);1H. The van der Waals surface area contributed by atoms with E-state index < -0.39 is 0 Å². The number of halogens is 1. The van der Waals surface area contributed by atoms with Crippen LogP contribution < -0.4 is 11.1 Å². The number of nitrogens with one attached hydrogen (secondary N) is 1. The topological polar surface area (TPSA) is 62.9 Å². The van der Waals surface area contributed by atoms with E-state index in [4.69, 9.17) is 15.5 Å². The first-order valence-corrected chi connectivity index (χ1v) is 10.2. The molecule has 0 radical (unpaired) electrons. The van der Waals surface area contributed by atoms with Gasteiger partial charge < -0.3 is 15.8 Å². The van der Waals surface area contributed by atoms with Gasteiger partial charge in [-0.05, 0) is 48.4 Å². The third kappa shape index (κ3) is 6.06.